The SMILES string of the molecule is COC(=O)/C(=C\c1cnc2ccccc2c1)NC(=O)c1c(C)cc(C(=O)NCc2cc(F)cc(F)c2)cc1C. The fourth-order valence-electron chi connectivity index (χ4n) is 4.22. The van der Waals surface area contributed by atoms with Gasteiger partial charge in [-0.25, -0.2) is 13.6 Å². The molecule has 9 heteroatoms. The van der Waals surface area contributed by atoms with Crippen LogP contribution in [-0.4, -0.2) is 29.9 Å². The number of rotatable bonds is 7. The van der Waals surface area contributed by atoms with Crippen LogP contribution >= 0.6 is 0 Å². The number of methoxy groups -OCH3 is 1. The number of aromatic nitrogens is 1. The number of hydrogen-bond acceptors (Lipinski definition) is 5. The van der Waals surface area contributed by atoms with E-state index in [2.05, 4.69) is 15.6 Å². The van der Waals surface area contributed by atoms with E-state index in [1.165, 1.54) is 25.3 Å². The highest BCUT2D eigenvalue weighted by atomic mass is 19.1. The topological polar surface area (TPSA) is 97.4 Å². The summed E-state index contributed by atoms with van der Waals surface area (Å²) in [6.45, 7) is 3.25. The Balaban J connectivity index is 1.54. The largest absolute Gasteiger partial charge is 0.464 e. The van der Waals surface area contributed by atoms with Crippen LogP contribution in [-0.2, 0) is 16.1 Å². The van der Waals surface area contributed by atoms with Crippen molar-refractivity contribution < 1.29 is 27.9 Å². The van der Waals surface area contributed by atoms with Gasteiger partial charge in [0.15, 0.2) is 0 Å². The number of para-hydroxylation sites is 1. The van der Waals surface area contributed by atoms with E-state index in [-0.39, 0.29) is 28.9 Å². The summed E-state index contributed by atoms with van der Waals surface area (Å²) in [5, 5.41) is 6.10. The lowest BCUT2D eigenvalue weighted by Crippen LogP contribution is -2.29. The van der Waals surface area contributed by atoms with Crippen LogP contribution < -0.4 is 10.6 Å². The Kier molecular flexibility index (Phi) is 8.10. The maximum atomic E-state index is 13.4. The lowest BCUT2D eigenvalue weighted by molar-refractivity contribution is -0.136. The molecule has 1 aromatic heterocycles. The predicted octanol–water partition coefficient (Wildman–Crippen LogP) is 5.00. The first-order valence-electron chi connectivity index (χ1n) is 11.9. The minimum absolute atomic E-state index is 0.0786. The van der Waals surface area contributed by atoms with Crippen LogP contribution in [0.25, 0.3) is 17.0 Å². The van der Waals surface area contributed by atoms with Crippen LogP contribution in [0.15, 0.2) is 72.6 Å². The number of nitrogens with one attached hydrogen (secondary N) is 2. The highest BCUT2D eigenvalue weighted by molar-refractivity contribution is 6.05. The molecule has 0 aliphatic heterocycles. The lowest BCUT2D eigenvalue weighted by Gasteiger charge is -2.14. The lowest BCUT2D eigenvalue weighted by atomic mass is 9.98. The van der Waals surface area contributed by atoms with E-state index in [1.807, 2.05) is 30.3 Å². The van der Waals surface area contributed by atoms with Crippen LogP contribution in [0.2, 0.25) is 0 Å². The number of hydrogen-bond donors (Lipinski definition) is 2. The van der Waals surface area contributed by atoms with E-state index >= 15 is 0 Å². The van der Waals surface area contributed by atoms with Crippen molar-refractivity contribution in [2.45, 2.75) is 20.4 Å². The third-order valence-electron chi connectivity index (χ3n) is 5.97. The molecule has 0 saturated carbocycles. The molecule has 0 saturated heterocycles. The second-order valence-corrected chi connectivity index (χ2v) is 8.91. The first-order valence-corrected chi connectivity index (χ1v) is 11.9. The van der Waals surface area contributed by atoms with Crippen LogP contribution in [0.5, 0.6) is 0 Å². The van der Waals surface area contributed by atoms with Crippen molar-refractivity contribution in [1.29, 1.82) is 0 Å². The number of benzene rings is 3. The monoisotopic (exact) mass is 529 g/mol. The molecule has 3 aromatic carbocycles. The average molecular weight is 530 g/mol. The van der Waals surface area contributed by atoms with Gasteiger partial charge in [-0.15, -0.1) is 0 Å². The van der Waals surface area contributed by atoms with E-state index in [0.29, 0.717) is 16.7 Å². The third kappa shape index (κ3) is 6.51. The van der Waals surface area contributed by atoms with Crippen molar-refractivity contribution in [3.8, 4) is 0 Å². The van der Waals surface area contributed by atoms with Gasteiger partial charge in [-0.05, 0) is 78.6 Å². The zero-order valence-corrected chi connectivity index (χ0v) is 21.5. The first-order chi connectivity index (χ1) is 18.6. The minimum atomic E-state index is -0.739. The Morgan fingerprint density at radius 3 is 2.26 bits per heavy atom. The summed E-state index contributed by atoms with van der Waals surface area (Å²) in [4.78, 5) is 42.8. The number of esters is 1. The zero-order valence-electron chi connectivity index (χ0n) is 21.5. The van der Waals surface area contributed by atoms with Gasteiger partial charge < -0.3 is 15.4 Å². The number of ether oxygens (including phenoxy) is 1. The summed E-state index contributed by atoms with van der Waals surface area (Å²) in [5.74, 6) is -3.25. The Morgan fingerprint density at radius 1 is 0.923 bits per heavy atom. The summed E-state index contributed by atoms with van der Waals surface area (Å²) in [5.41, 5.74) is 3.10. The molecule has 0 bridgehead atoms. The van der Waals surface area contributed by atoms with Gasteiger partial charge in [0.05, 0.1) is 12.6 Å². The summed E-state index contributed by atoms with van der Waals surface area (Å²) in [7, 11) is 1.21. The van der Waals surface area contributed by atoms with Crippen molar-refractivity contribution >= 4 is 34.8 Å². The van der Waals surface area contributed by atoms with E-state index in [4.69, 9.17) is 4.74 Å². The van der Waals surface area contributed by atoms with Gasteiger partial charge in [0.25, 0.3) is 11.8 Å². The Morgan fingerprint density at radius 2 is 1.59 bits per heavy atom. The standard InChI is InChI=1S/C30H25F2N3O4/c1-17-8-22(28(36)34-16-20-11-23(31)14-24(32)12-20)9-18(2)27(17)29(37)35-26(30(38)39-3)13-19-10-21-6-4-5-7-25(21)33-15-19/h4-15H,16H2,1-3H3,(H,34,36)(H,35,37)/b26-13+. The highest BCUT2D eigenvalue weighted by Crippen LogP contribution is 2.19. The first kappa shape index (κ1) is 27.1. The quantitative estimate of drug-likeness (QED) is 0.259. The zero-order chi connectivity index (χ0) is 28.1. The fourth-order valence-corrected chi connectivity index (χ4v) is 4.22. The average Bonchev–Trinajstić information content (AvgIpc) is 2.89. The van der Waals surface area contributed by atoms with Crippen LogP contribution in [0.3, 0.4) is 0 Å². The van der Waals surface area contributed by atoms with Gasteiger partial charge in [-0.2, -0.15) is 0 Å². The minimum Gasteiger partial charge on any atom is -0.464 e. The molecule has 39 heavy (non-hydrogen) atoms. The smallest absolute Gasteiger partial charge is 0.354 e. The van der Waals surface area contributed by atoms with Crippen LogP contribution in [0.1, 0.15) is 43.0 Å². The fraction of sp³-hybridized carbons (Fsp3) is 0.133. The molecule has 198 valence electrons. The molecule has 0 radical (unpaired) electrons. The molecule has 7 nitrogen and oxygen atoms in total. The van der Waals surface area contributed by atoms with Gasteiger partial charge in [0.2, 0.25) is 0 Å². The molecule has 0 aliphatic rings. The molecule has 0 aliphatic carbocycles. The molecular weight excluding hydrogens is 504 g/mol. The molecule has 2 amide bonds. The van der Waals surface area contributed by atoms with Gasteiger partial charge in [-0.3, -0.25) is 14.6 Å². The molecule has 0 unspecified atom stereocenters. The summed E-state index contributed by atoms with van der Waals surface area (Å²) >= 11 is 0. The summed E-state index contributed by atoms with van der Waals surface area (Å²) in [6.07, 6.45) is 3.06. The molecule has 2 N–H and O–H groups in total. The summed E-state index contributed by atoms with van der Waals surface area (Å²) < 4.78 is 31.7. The number of aryl methyl sites for hydroxylation is 2. The molecular formula is C30H25F2N3O4. The Labute approximate surface area is 223 Å². The molecule has 0 fully saturated rings. The van der Waals surface area contributed by atoms with Gasteiger partial charge in [0.1, 0.15) is 17.3 Å². The van der Waals surface area contributed by atoms with Crippen LogP contribution in [0.4, 0.5) is 8.78 Å². The maximum Gasteiger partial charge on any atom is 0.354 e. The maximum absolute atomic E-state index is 13.4. The van der Waals surface area contributed by atoms with Gasteiger partial charge in [0, 0.05) is 35.3 Å². The van der Waals surface area contributed by atoms with Crippen molar-refractivity contribution in [2.24, 2.45) is 0 Å². The molecule has 4 rings (SSSR count). The summed E-state index contributed by atoms with van der Waals surface area (Å²) in [6, 6.07) is 15.4. The number of pyridine rings is 1. The van der Waals surface area contributed by atoms with Gasteiger partial charge >= 0.3 is 5.97 Å². The predicted molar refractivity (Wildman–Crippen MR) is 143 cm³/mol. The van der Waals surface area contributed by atoms with E-state index in [1.54, 1.807) is 20.0 Å². The normalized spacial score (nSPS) is 11.3. The molecule has 1 heterocycles. The van der Waals surface area contributed by atoms with E-state index in [0.717, 1.165) is 29.1 Å². The third-order valence-corrected chi connectivity index (χ3v) is 5.97. The number of amides is 2. The number of halogens is 2. The van der Waals surface area contributed by atoms with Crippen molar-refractivity contribution in [1.82, 2.24) is 15.6 Å². The Bertz CT molecular complexity index is 1590. The molecule has 4 aromatic rings. The molecule has 0 atom stereocenters. The highest BCUT2D eigenvalue weighted by Gasteiger charge is 2.20. The second kappa shape index (κ2) is 11.6. The number of carbonyl (C=O) groups is 3. The van der Waals surface area contributed by atoms with Gasteiger partial charge in [-0.1, -0.05) is 18.2 Å². The van der Waals surface area contributed by atoms with E-state index in [9.17, 15) is 23.2 Å². The van der Waals surface area contributed by atoms with Crippen molar-refractivity contribution in [3.05, 3.63) is 118 Å². The molecule has 0 spiro atoms. The Hall–Kier alpha value is -4.92. The second-order valence-electron chi connectivity index (χ2n) is 8.91. The van der Waals surface area contributed by atoms with Crippen molar-refractivity contribution in [2.75, 3.05) is 7.11 Å². The number of carbonyl (C=O) groups excluding carboxylic acids is 3. The number of fused-ring (bicyclic) bond motifs is 1. The van der Waals surface area contributed by atoms with E-state index < -0.39 is 29.4 Å². The van der Waals surface area contributed by atoms with Crippen LogP contribution in [0, 0.1) is 25.5 Å². The number of nitrogens with zero attached hydrogens (tertiary/aromatic N) is 1. The van der Waals surface area contributed by atoms with Crippen molar-refractivity contribution in [3.63, 3.8) is 0 Å².